The third-order valence-corrected chi connectivity index (χ3v) is 2.90. The monoisotopic (exact) mass is 261 g/mol. The van der Waals surface area contributed by atoms with Gasteiger partial charge in [0.05, 0.1) is 6.54 Å². The van der Waals surface area contributed by atoms with Gasteiger partial charge in [0.1, 0.15) is 5.52 Å². The summed E-state index contributed by atoms with van der Waals surface area (Å²) in [6.07, 6.45) is 1.43. The zero-order chi connectivity index (χ0) is 13.8. The highest BCUT2D eigenvalue weighted by Crippen LogP contribution is 2.15. The number of carbonyl (C=O) groups is 1. The van der Waals surface area contributed by atoms with Crippen LogP contribution in [0.5, 0.6) is 0 Å². The van der Waals surface area contributed by atoms with E-state index in [1.54, 1.807) is 11.9 Å². The van der Waals surface area contributed by atoms with Gasteiger partial charge in [-0.2, -0.15) is 0 Å². The zero-order valence-corrected chi connectivity index (χ0v) is 11.5. The van der Waals surface area contributed by atoms with Crippen LogP contribution in [0.1, 0.15) is 19.4 Å². The van der Waals surface area contributed by atoms with E-state index in [0.29, 0.717) is 19.1 Å². The number of nitrogens with one attached hydrogen (secondary N) is 1. The number of benzene rings is 1. The van der Waals surface area contributed by atoms with Crippen molar-refractivity contribution < 1.29 is 9.21 Å². The van der Waals surface area contributed by atoms with E-state index in [-0.39, 0.29) is 5.91 Å². The molecule has 0 fully saturated rings. The van der Waals surface area contributed by atoms with E-state index in [4.69, 9.17) is 4.42 Å². The maximum absolute atomic E-state index is 11.9. The quantitative estimate of drug-likeness (QED) is 0.891. The summed E-state index contributed by atoms with van der Waals surface area (Å²) in [5.41, 5.74) is 2.61. The lowest BCUT2D eigenvalue weighted by molar-refractivity contribution is -0.129. The van der Waals surface area contributed by atoms with Crippen LogP contribution >= 0.6 is 0 Å². The Labute approximate surface area is 112 Å². The lowest BCUT2D eigenvalue weighted by Gasteiger charge is -2.18. The highest BCUT2D eigenvalue weighted by Gasteiger charge is 2.10. The molecular formula is C14H19N3O2. The van der Waals surface area contributed by atoms with Crippen LogP contribution < -0.4 is 5.32 Å². The number of hydrogen-bond acceptors (Lipinski definition) is 4. The van der Waals surface area contributed by atoms with Gasteiger partial charge in [-0.25, -0.2) is 4.98 Å². The lowest BCUT2D eigenvalue weighted by atomic mass is 10.2. The maximum atomic E-state index is 11.9. The Morgan fingerprint density at radius 2 is 2.26 bits per heavy atom. The predicted molar refractivity (Wildman–Crippen MR) is 73.6 cm³/mol. The first-order valence-electron chi connectivity index (χ1n) is 6.35. The predicted octanol–water partition coefficient (Wildman–Crippen LogP) is 1.78. The van der Waals surface area contributed by atoms with E-state index in [1.165, 1.54) is 6.39 Å². The van der Waals surface area contributed by atoms with Crippen LogP contribution in [-0.4, -0.2) is 35.4 Å². The van der Waals surface area contributed by atoms with Crippen molar-refractivity contribution in [3.8, 4) is 0 Å². The standard InChI is InChI=1S/C14H19N3O2/c1-10(2)15-7-14(18)17(3)8-11-4-5-12-13(6-11)19-9-16-12/h4-6,9-10,15H,7-8H2,1-3H3. The van der Waals surface area contributed by atoms with Gasteiger partial charge in [0.15, 0.2) is 12.0 Å². The van der Waals surface area contributed by atoms with E-state index >= 15 is 0 Å². The minimum atomic E-state index is 0.0753. The molecule has 0 aliphatic carbocycles. The van der Waals surface area contributed by atoms with Crippen LogP contribution in [0, 0.1) is 0 Å². The summed E-state index contributed by atoms with van der Waals surface area (Å²) in [5.74, 6) is 0.0753. The molecule has 2 aromatic rings. The minimum absolute atomic E-state index is 0.0753. The fourth-order valence-corrected chi connectivity index (χ4v) is 1.79. The summed E-state index contributed by atoms with van der Waals surface area (Å²) in [7, 11) is 1.80. The van der Waals surface area contributed by atoms with Gasteiger partial charge in [0, 0.05) is 19.6 Å². The molecule has 5 heteroatoms. The summed E-state index contributed by atoms with van der Waals surface area (Å²) >= 11 is 0. The molecule has 19 heavy (non-hydrogen) atoms. The largest absolute Gasteiger partial charge is 0.443 e. The second-order valence-electron chi connectivity index (χ2n) is 4.94. The van der Waals surface area contributed by atoms with Crippen molar-refractivity contribution in [3.05, 3.63) is 30.2 Å². The molecule has 102 valence electrons. The number of amides is 1. The molecule has 1 N–H and O–H groups in total. The second-order valence-corrected chi connectivity index (χ2v) is 4.94. The zero-order valence-electron chi connectivity index (χ0n) is 11.5. The Morgan fingerprint density at radius 1 is 1.47 bits per heavy atom. The van der Waals surface area contributed by atoms with Crippen LogP contribution in [0.3, 0.4) is 0 Å². The Bertz CT molecular complexity index is 563. The van der Waals surface area contributed by atoms with E-state index in [2.05, 4.69) is 10.3 Å². The fraction of sp³-hybridized carbons (Fsp3) is 0.429. The molecule has 0 aliphatic rings. The first kappa shape index (κ1) is 13.5. The molecule has 1 amide bonds. The fourth-order valence-electron chi connectivity index (χ4n) is 1.79. The Balaban J connectivity index is 1.97. The van der Waals surface area contributed by atoms with Crippen molar-refractivity contribution in [2.24, 2.45) is 0 Å². The normalized spacial score (nSPS) is 11.2. The summed E-state index contributed by atoms with van der Waals surface area (Å²) in [6, 6.07) is 6.09. The van der Waals surface area contributed by atoms with Gasteiger partial charge < -0.3 is 14.6 Å². The van der Waals surface area contributed by atoms with E-state index in [1.807, 2.05) is 32.0 Å². The first-order valence-corrected chi connectivity index (χ1v) is 6.35. The van der Waals surface area contributed by atoms with Gasteiger partial charge in [-0.3, -0.25) is 4.79 Å². The van der Waals surface area contributed by atoms with Crippen molar-refractivity contribution in [1.29, 1.82) is 0 Å². The molecule has 2 rings (SSSR count). The third-order valence-electron chi connectivity index (χ3n) is 2.90. The molecular weight excluding hydrogens is 242 g/mol. The average Bonchev–Trinajstić information content (AvgIpc) is 2.83. The molecule has 1 aromatic heterocycles. The number of carbonyl (C=O) groups excluding carboxylic acids is 1. The number of fused-ring (bicyclic) bond motifs is 1. The van der Waals surface area contributed by atoms with Crippen LogP contribution in [-0.2, 0) is 11.3 Å². The van der Waals surface area contributed by atoms with Gasteiger partial charge in [0.25, 0.3) is 0 Å². The number of hydrogen-bond donors (Lipinski definition) is 1. The highest BCUT2D eigenvalue weighted by atomic mass is 16.3. The van der Waals surface area contributed by atoms with E-state index in [0.717, 1.165) is 16.7 Å². The van der Waals surface area contributed by atoms with Gasteiger partial charge in [-0.05, 0) is 17.7 Å². The van der Waals surface area contributed by atoms with E-state index < -0.39 is 0 Å². The molecule has 0 saturated carbocycles. The van der Waals surface area contributed by atoms with Crippen molar-refractivity contribution >= 4 is 17.0 Å². The molecule has 0 saturated heterocycles. The summed E-state index contributed by atoms with van der Waals surface area (Å²) < 4.78 is 5.25. The number of likely N-dealkylation sites (N-methyl/N-ethyl adjacent to an activating group) is 1. The second kappa shape index (κ2) is 5.84. The number of aromatic nitrogens is 1. The minimum Gasteiger partial charge on any atom is -0.443 e. The topological polar surface area (TPSA) is 58.4 Å². The van der Waals surface area contributed by atoms with Crippen LogP contribution in [0.25, 0.3) is 11.1 Å². The maximum Gasteiger partial charge on any atom is 0.236 e. The Kier molecular flexibility index (Phi) is 4.16. The van der Waals surface area contributed by atoms with Gasteiger partial charge in [-0.15, -0.1) is 0 Å². The average molecular weight is 261 g/mol. The number of rotatable bonds is 5. The molecule has 0 unspecified atom stereocenters. The van der Waals surface area contributed by atoms with Crippen molar-refractivity contribution in [2.45, 2.75) is 26.4 Å². The Morgan fingerprint density at radius 3 is 3.00 bits per heavy atom. The van der Waals surface area contributed by atoms with Crippen LogP contribution in [0.2, 0.25) is 0 Å². The van der Waals surface area contributed by atoms with Crippen LogP contribution in [0.4, 0.5) is 0 Å². The summed E-state index contributed by atoms with van der Waals surface area (Å²) in [6.45, 7) is 4.96. The van der Waals surface area contributed by atoms with Crippen molar-refractivity contribution in [1.82, 2.24) is 15.2 Å². The van der Waals surface area contributed by atoms with Crippen molar-refractivity contribution in [2.75, 3.05) is 13.6 Å². The van der Waals surface area contributed by atoms with Gasteiger partial charge in [-0.1, -0.05) is 19.9 Å². The molecule has 1 heterocycles. The summed E-state index contributed by atoms with van der Waals surface area (Å²) in [5, 5.41) is 3.12. The molecule has 0 bridgehead atoms. The van der Waals surface area contributed by atoms with Crippen molar-refractivity contribution in [3.63, 3.8) is 0 Å². The molecule has 1 aromatic carbocycles. The van der Waals surface area contributed by atoms with E-state index in [9.17, 15) is 4.79 Å². The molecule has 0 atom stereocenters. The summed E-state index contributed by atoms with van der Waals surface area (Å²) in [4.78, 5) is 17.7. The van der Waals surface area contributed by atoms with Gasteiger partial charge >= 0.3 is 0 Å². The van der Waals surface area contributed by atoms with Crippen LogP contribution in [0.15, 0.2) is 29.0 Å². The Hall–Kier alpha value is -1.88. The molecule has 0 aliphatic heterocycles. The molecule has 0 spiro atoms. The number of oxazole rings is 1. The van der Waals surface area contributed by atoms with Gasteiger partial charge in [0.2, 0.25) is 5.91 Å². The first-order chi connectivity index (χ1) is 9.06. The number of nitrogens with zero attached hydrogens (tertiary/aromatic N) is 2. The molecule has 0 radical (unpaired) electrons. The molecule has 5 nitrogen and oxygen atoms in total. The SMILES string of the molecule is CC(C)NCC(=O)N(C)Cc1ccc2ncoc2c1. The third kappa shape index (κ3) is 3.54. The highest BCUT2D eigenvalue weighted by molar-refractivity contribution is 5.78. The smallest absolute Gasteiger partial charge is 0.236 e. The lowest BCUT2D eigenvalue weighted by Crippen LogP contribution is -2.37.